The molecule has 1 aromatic heterocycles. The summed E-state index contributed by atoms with van der Waals surface area (Å²) in [5.41, 5.74) is 8.82. The SMILES string of the molecule is CC(=O)Oc1c(-c2ccc(NC(=O)Cc3ccccc3)cc2)c(-c2cccc(C)c2)nn1-c1cccc(C)c1C. The average Bonchev–Trinajstić information content (AvgIpc) is 3.29. The van der Waals surface area contributed by atoms with Crippen LogP contribution in [0.5, 0.6) is 5.88 Å². The Morgan fingerprint density at radius 2 is 1.55 bits per heavy atom. The normalized spacial score (nSPS) is 10.8. The molecule has 0 radical (unpaired) electrons. The number of carbonyl (C=O) groups excluding carboxylic acids is 2. The van der Waals surface area contributed by atoms with Crippen molar-refractivity contribution in [1.82, 2.24) is 9.78 Å². The molecule has 6 nitrogen and oxygen atoms in total. The van der Waals surface area contributed by atoms with Crippen LogP contribution in [0.2, 0.25) is 0 Å². The van der Waals surface area contributed by atoms with Crippen LogP contribution in [0.1, 0.15) is 29.2 Å². The number of carbonyl (C=O) groups is 2. The third kappa shape index (κ3) is 5.71. The summed E-state index contributed by atoms with van der Waals surface area (Å²) < 4.78 is 7.58. The average molecular weight is 530 g/mol. The van der Waals surface area contributed by atoms with Crippen LogP contribution in [0.15, 0.2) is 97.1 Å². The van der Waals surface area contributed by atoms with E-state index in [0.717, 1.165) is 39.1 Å². The standard InChI is InChI=1S/C34H31N3O3/c1-22-10-8-14-28(20-22)33-32(34(40-25(4)38)37(36-33)30-15-9-11-23(2)24(30)3)27-16-18-29(19-17-27)35-31(39)21-26-12-6-5-7-13-26/h5-20H,21H2,1-4H3,(H,35,39). The number of aromatic nitrogens is 2. The number of hydrogen-bond acceptors (Lipinski definition) is 4. The van der Waals surface area contributed by atoms with E-state index in [9.17, 15) is 9.59 Å². The predicted molar refractivity (Wildman–Crippen MR) is 159 cm³/mol. The molecule has 0 aliphatic carbocycles. The first-order valence-corrected chi connectivity index (χ1v) is 13.2. The zero-order chi connectivity index (χ0) is 28.2. The Hall–Kier alpha value is -4.97. The van der Waals surface area contributed by atoms with Gasteiger partial charge in [0.1, 0.15) is 5.69 Å². The summed E-state index contributed by atoms with van der Waals surface area (Å²) >= 11 is 0. The van der Waals surface area contributed by atoms with Gasteiger partial charge in [0.25, 0.3) is 0 Å². The van der Waals surface area contributed by atoms with Gasteiger partial charge in [0.2, 0.25) is 11.8 Å². The Morgan fingerprint density at radius 3 is 2.25 bits per heavy atom. The van der Waals surface area contributed by atoms with Gasteiger partial charge in [-0.25, -0.2) is 0 Å². The number of hydrogen-bond donors (Lipinski definition) is 1. The number of rotatable bonds is 7. The van der Waals surface area contributed by atoms with Gasteiger partial charge >= 0.3 is 5.97 Å². The van der Waals surface area contributed by atoms with E-state index in [2.05, 4.69) is 11.4 Å². The number of anilines is 1. The number of esters is 1. The molecule has 5 aromatic rings. The smallest absolute Gasteiger partial charge is 0.309 e. The zero-order valence-electron chi connectivity index (χ0n) is 23.1. The first-order valence-electron chi connectivity index (χ1n) is 13.2. The summed E-state index contributed by atoms with van der Waals surface area (Å²) in [5, 5.41) is 7.98. The molecule has 0 bridgehead atoms. The van der Waals surface area contributed by atoms with Crippen LogP contribution in [0.3, 0.4) is 0 Å². The molecule has 0 spiro atoms. The Labute approximate surface area is 234 Å². The minimum absolute atomic E-state index is 0.0947. The molecule has 0 fully saturated rings. The molecule has 0 unspecified atom stereocenters. The van der Waals surface area contributed by atoms with Crippen molar-refractivity contribution in [3.05, 3.63) is 119 Å². The third-order valence-electron chi connectivity index (χ3n) is 6.84. The van der Waals surface area contributed by atoms with Crippen molar-refractivity contribution < 1.29 is 14.3 Å². The van der Waals surface area contributed by atoms with Gasteiger partial charge in [0.05, 0.1) is 17.7 Å². The number of nitrogens with one attached hydrogen (secondary N) is 1. The van der Waals surface area contributed by atoms with Gasteiger partial charge in [-0.1, -0.05) is 78.4 Å². The molecule has 0 atom stereocenters. The van der Waals surface area contributed by atoms with Gasteiger partial charge in [-0.3, -0.25) is 9.59 Å². The summed E-state index contributed by atoms with van der Waals surface area (Å²) in [5.74, 6) is -0.186. The first-order chi connectivity index (χ1) is 19.3. The van der Waals surface area contributed by atoms with Gasteiger partial charge in [-0.2, -0.15) is 9.78 Å². The Balaban J connectivity index is 1.60. The lowest BCUT2D eigenvalue weighted by atomic mass is 9.99. The fraction of sp³-hybridized carbons (Fsp3) is 0.147. The van der Waals surface area contributed by atoms with Crippen molar-refractivity contribution >= 4 is 17.6 Å². The summed E-state index contributed by atoms with van der Waals surface area (Å²) in [7, 11) is 0. The van der Waals surface area contributed by atoms with Gasteiger partial charge < -0.3 is 10.1 Å². The van der Waals surface area contributed by atoms with Crippen molar-refractivity contribution in [2.24, 2.45) is 0 Å². The monoisotopic (exact) mass is 529 g/mol. The van der Waals surface area contributed by atoms with Crippen LogP contribution in [-0.4, -0.2) is 21.7 Å². The molecule has 0 saturated carbocycles. The Kier molecular flexibility index (Phi) is 7.60. The summed E-state index contributed by atoms with van der Waals surface area (Å²) in [6.45, 7) is 7.50. The summed E-state index contributed by atoms with van der Waals surface area (Å²) in [6, 6.07) is 31.2. The van der Waals surface area contributed by atoms with Gasteiger partial charge in [0.15, 0.2) is 0 Å². The van der Waals surface area contributed by atoms with Crippen LogP contribution in [0, 0.1) is 20.8 Å². The van der Waals surface area contributed by atoms with Crippen LogP contribution in [-0.2, 0) is 16.0 Å². The van der Waals surface area contributed by atoms with Gasteiger partial charge in [-0.05, 0) is 67.3 Å². The van der Waals surface area contributed by atoms with Crippen LogP contribution in [0.4, 0.5) is 5.69 Å². The molecule has 40 heavy (non-hydrogen) atoms. The molecule has 1 amide bonds. The molecule has 0 saturated heterocycles. The van der Waals surface area contributed by atoms with Crippen LogP contribution in [0.25, 0.3) is 28.1 Å². The van der Waals surface area contributed by atoms with Crippen LogP contribution < -0.4 is 10.1 Å². The van der Waals surface area contributed by atoms with E-state index in [-0.39, 0.29) is 5.91 Å². The molecule has 1 heterocycles. The molecule has 0 aliphatic heterocycles. The molecular formula is C34H31N3O3. The maximum absolute atomic E-state index is 12.6. The number of amides is 1. The Bertz CT molecular complexity index is 1690. The van der Waals surface area contributed by atoms with E-state index in [1.165, 1.54) is 6.92 Å². The second-order valence-electron chi connectivity index (χ2n) is 9.91. The molecule has 0 aliphatic rings. The minimum Gasteiger partial charge on any atom is -0.407 e. The maximum atomic E-state index is 12.6. The molecule has 1 N–H and O–H groups in total. The number of benzene rings is 4. The number of aryl methyl sites for hydroxylation is 2. The number of ether oxygens (including phenoxy) is 1. The largest absolute Gasteiger partial charge is 0.407 e. The maximum Gasteiger partial charge on any atom is 0.309 e. The van der Waals surface area contributed by atoms with E-state index in [1.807, 2.05) is 112 Å². The van der Waals surface area contributed by atoms with Crippen molar-refractivity contribution in [2.75, 3.05) is 5.32 Å². The van der Waals surface area contributed by atoms with Crippen molar-refractivity contribution in [3.63, 3.8) is 0 Å². The van der Waals surface area contributed by atoms with Gasteiger partial charge in [-0.15, -0.1) is 0 Å². The Morgan fingerprint density at radius 1 is 0.825 bits per heavy atom. The molecule has 4 aromatic carbocycles. The first kappa shape index (κ1) is 26.6. The lowest BCUT2D eigenvalue weighted by Crippen LogP contribution is -2.14. The molecule has 200 valence electrons. The second-order valence-corrected chi connectivity index (χ2v) is 9.91. The molecule has 6 heteroatoms. The van der Waals surface area contributed by atoms with Crippen molar-refractivity contribution in [3.8, 4) is 34.0 Å². The molecule has 5 rings (SSSR count). The summed E-state index contributed by atoms with van der Waals surface area (Å²) in [4.78, 5) is 25.0. The fourth-order valence-corrected chi connectivity index (χ4v) is 4.72. The topological polar surface area (TPSA) is 73.2 Å². The van der Waals surface area contributed by atoms with E-state index >= 15 is 0 Å². The highest BCUT2D eigenvalue weighted by atomic mass is 16.5. The predicted octanol–water partition coefficient (Wildman–Crippen LogP) is 7.24. The highest BCUT2D eigenvalue weighted by Gasteiger charge is 2.25. The van der Waals surface area contributed by atoms with Crippen molar-refractivity contribution in [2.45, 2.75) is 34.1 Å². The third-order valence-corrected chi connectivity index (χ3v) is 6.84. The lowest BCUT2D eigenvalue weighted by molar-refractivity contribution is -0.132. The van der Waals surface area contributed by atoms with E-state index < -0.39 is 5.97 Å². The zero-order valence-corrected chi connectivity index (χ0v) is 23.1. The van der Waals surface area contributed by atoms with Crippen molar-refractivity contribution in [1.29, 1.82) is 0 Å². The second kappa shape index (κ2) is 11.4. The quantitative estimate of drug-likeness (QED) is 0.226. The van der Waals surface area contributed by atoms with E-state index in [1.54, 1.807) is 4.68 Å². The van der Waals surface area contributed by atoms with Gasteiger partial charge in [0, 0.05) is 18.2 Å². The highest BCUT2D eigenvalue weighted by molar-refractivity contribution is 5.93. The molecular weight excluding hydrogens is 498 g/mol. The number of nitrogens with zero attached hydrogens (tertiary/aromatic N) is 2. The highest BCUT2D eigenvalue weighted by Crippen LogP contribution is 2.42. The van der Waals surface area contributed by atoms with E-state index in [0.29, 0.717) is 29.2 Å². The van der Waals surface area contributed by atoms with E-state index in [4.69, 9.17) is 9.84 Å². The lowest BCUT2D eigenvalue weighted by Gasteiger charge is -2.13. The minimum atomic E-state index is -0.437. The van der Waals surface area contributed by atoms with Crippen LogP contribution >= 0.6 is 0 Å². The summed E-state index contributed by atoms with van der Waals surface area (Å²) in [6.07, 6.45) is 0.291. The fourth-order valence-electron chi connectivity index (χ4n) is 4.72.